The fourth-order valence-electron chi connectivity index (χ4n) is 3.38. The summed E-state index contributed by atoms with van der Waals surface area (Å²) < 4.78 is 6.74. The summed E-state index contributed by atoms with van der Waals surface area (Å²) in [7, 11) is 1.64. The third-order valence-corrected chi connectivity index (χ3v) is 5.22. The maximum atomic E-state index is 13.0. The maximum Gasteiger partial charge on any atom is 0.261 e. The highest BCUT2D eigenvalue weighted by Crippen LogP contribution is 2.13. The summed E-state index contributed by atoms with van der Waals surface area (Å²) in [5, 5.41) is 0.532. The van der Waals surface area contributed by atoms with Gasteiger partial charge < -0.3 is 4.74 Å². The van der Waals surface area contributed by atoms with Crippen molar-refractivity contribution in [2.75, 3.05) is 7.11 Å². The lowest BCUT2D eigenvalue weighted by Gasteiger charge is -2.07. The van der Waals surface area contributed by atoms with Crippen LogP contribution in [0.1, 0.15) is 34.0 Å². The molecule has 0 atom stereocenters. The van der Waals surface area contributed by atoms with Crippen LogP contribution in [0.4, 0.5) is 0 Å². The van der Waals surface area contributed by atoms with Crippen molar-refractivity contribution >= 4 is 16.7 Å². The third-order valence-electron chi connectivity index (χ3n) is 5.22. The van der Waals surface area contributed by atoms with Crippen molar-refractivity contribution in [3.8, 4) is 17.6 Å². The van der Waals surface area contributed by atoms with E-state index in [1.807, 2.05) is 48.5 Å². The van der Waals surface area contributed by atoms with Crippen LogP contribution in [0.2, 0.25) is 0 Å². The standard InChI is InChI=1S/C27H22N2O3/c1-19(30)23-11-6-22(7-12-23)17-29-18-28-26-15-10-21(16-25(26)27(29)31)5-3-4-20-8-13-24(32-2)14-9-20/h6-16,18H,4,17H2,1-2H3. The molecule has 0 saturated carbocycles. The Kier molecular flexibility index (Phi) is 6.14. The van der Waals surface area contributed by atoms with Crippen LogP contribution in [0.15, 0.2) is 77.9 Å². The zero-order chi connectivity index (χ0) is 22.5. The highest BCUT2D eigenvalue weighted by Gasteiger charge is 2.06. The molecular formula is C27H22N2O3. The molecule has 0 N–H and O–H groups in total. The number of ether oxygens (including phenoxy) is 1. The first-order valence-electron chi connectivity index (χ1n) is 10.2. The van der Waals surface area contributed by atoms with Crippen molar-refractivity contribution < 1.29 is 9.53 Å². The molecule has 1 heterocycles. The molecule has 32 heavy (non-hydrogen) atoms. The van der Waals surface area contributed by atoms with E-state index in [9.17, 15) is 9.59 Å². The van der Waals surface area contributed by atoms with E-state index in [0.717, 1.165) is 22.4 Å². The Balaban J connectivity index is 1.56. The second-order valence-electron chi connectivity index (χ2n) is 7.49. The number of rotatable bonds is 5. The number of methoxy groups -OCH3 is 1. The molecule has 0 aliphatic carbocycles. The fraction of sp³-hybridized carbons (Fsp3) is 0.148. The van der Waals surface area contributed by atoms with Crippen molar-refractivity contribution in [1.82, 2.24) is 9.55 Å². The van der Waals surface area contributed by atoms with Gasteiger partial charge in [0.2, 0.25) is 0 Å². The molecule has 0 fully saturated rings. The summed E-state index contributed by atoms with van der Waals surface area (Å²) in [5.74, 6) is 7.13. The van der Waals surface area contributed by atoms with Gasteiger partial charge >= 0.3 is 0 Å². The molecule has 0 spiro atoms. The summed E-state index contributed by atoms with van der Waals surface area (Å²) in [6.07, 6.45) is 2.16. The lowest BCUT2D eigenvalue weighted by Crippen LogP contribution is -2.21. The molecule has 5 heteroatoms. The van der Waals surface area contributed by atoms with E-state index in [1.165, 1.54) is 6.92 Å². The van der Waals surface area contributed by atoms with E-state index in [1.54, 1.807) is 36.2 Å². The van der Waals surface area contributed by atoms with E-state index in [4.69, 9.17) is 4.74 Å². The Hall–Kier alpha value is -4.17. The van der Waals surface area contributed by atoms with Crippen LogP contribution in [-0.4, -0.2) is 22.4 Å². The van der Waals surface area contributed by atoms with Crippen LogP contribution in [0, 0.1) is 11.8 Å². The number of hydrogen-bond acceptors (Lipinski definition) is 4. The molecule has 3 aromatic carbocycles. The average Bonchev–Trinajstić information content (AvgIpc) is 2.82. The number of ketones is 1. The molecule has 0 saturated heterocycles. The van der Waals surface area contributed by atoms with Crippen LogP contribution in [0.3, 0.4) is 0 Å². The van der Waals surface area contributed by atoms with Crippen LogP contribution in [0.25, 0.3) is 10.9 Å². The monoisotopic (exact) mass is 422 g/mol. The molecule has 0 radical (unpaired) electrons. The van der Waals surface area contributed by atoms with E-state index in [0.29, 0.717) is 29.4 Å². The quantitative estimate of drug-likeness (QED) is 0.356. The maximum absolute atomic E-state index is 13.0. The Bertz CT molecular complexity index is 1390. The highest BCUT2D eigenvalue weighted by atomic mass is 16.5. The van der Waals surface area contributed by atoms with Gasteiger partial charge in [-0.15, -0.1) is 0 Å². The molecule has 0 bridgehead atoms. The Morgan fingerprint density at radius 3 is 2.41 bits per heavy atom. The zero-order valence-electron chi connectivity index (χ0n) is 18.0. The predicted molar refractivity (Wildman–Crippen MR) is 125 cm³/mol. The first kappa shape index (κ1) is 21.1. The van der Waals surface area contributed by atoms with Gasteiger partial charge in [-0.05, 0) is 48.4 Å². The normalized spacial score (nSPS) is 10.4. The molecular weight excluding hydrogens is 400 g/mol. The molecule has 5 nitrogen and oxygen atoms in total. The number of fused-ring (bicyclic) bond motifs is 1. The lowest BCUT2D eigenvalue weighted by molar-refractivity contribution is 0.101. The number of benzene rings is 3. The van der Waals surface area contributed by atoms with Gasteiger partial charge in [-0.3, -0.25) is 14.2 Å². The zero-order valence-corrected chi connectivity index (χ0v) is 18.0. The summed E-state index contributed by atoms with van der Waals surface area (Å²) in [6, 6.07) is 20.5. The molecule has 4 aromatic rings. The largest absolute Gasteiger partial charge is 0.497 e. The van der Waals surface area contributed by atoms with Gasteiger partial charge in [-0.25, -0.2) is 4.98 Å². The summed E-state index contributed by atoms with van der Waals surface area (Å²) in [4.78, 5) is 28.9. The van der Waals surface area contributed by atoms with Crippen LogP contribution in [-0.2, 0) is 13.0 Å². The number of carbonyl (C=O) groups excluding carboxylic acids is 1. The van der Waals surface area contributed by atoms with Gasteiger partial charge in [0, 0.05) is 17.5 Å². The first-order valence-corrected chi connectivity index (χ1v) is 10.2. The summed E-state index contributed by atoms with van der Waals surface area (Å²) >= 11 is 0. The summed E-state index contributed by atoms with van der Waals surface area (Å²) in [5.41, 5.74) is 3.96. The Labute approximate surface area is 186 Å². The number of Topliss-reactive ketones (excluding diaryl/α,β-unsaturated/α-hetero) is 1. The SMILES string of the molecule is COc1ccc(CC#Cc2ccc3ncn(Cc4ccc(C(C)=O)cc4)c(=O)c3c2)cc1. The molecule has 0 amide bonds. The van der Waals surface area contributed by atoms with E-state index >= 15 is 0 Å². The molecule has 1 aromatic heterocycles. The van der Waals surface area contributed by atoms with Crippen molar-refractivity contribution in [1.29, 1.82) is 0 Å². The topological polar surface area (TPSA) is 61.2 Å². The number of hydrogen-bond donors (Lipinski definition) is 0. The van der Waals surface area contributed by atoms with Crippen molar-refractivity contribution in [3.63, 3.8) is 0 Å². The van der Waals surface area contributed by atoms with Gasteiger partial charge in [0.25, 0.3) is 5.56 Å². The Morgan fingerprint density at radius 1 is 1.00 bits per heavy atom. The van der Waals surface area contributed by atoms with Gasteiger partial charge in [0.1, 0.15) is 5.75 Å². The number of aromatic nitrogens is 2. The molecule has 0 aliphatic heterocycles. The van der Waals surface area contributed by atoms with E-state index in [-0.39, 0.29) is 11.3 Å². The van der Waals surface area contributed by atoms with Gasteiger partial charge in [0.05, 0.1) is 30.9 Å². The summed E-state index contributed by atoms with van der Waals surface area (Å²) in [6.45, 7) is 1.91. The first-order chi connectivity index (χ1) is 15.5. The van der Waals surface area contributed by atoms with Crippen LogP contribution < -0.4 is 10.3 Å². The second-order valence-corrected chi connectivity index (χ2v) is 7.49. The molecule has 4 rings (SSSR count). The average molecular weight is 422 g/mol. The van der Waals surface area contributed by atoms with E-state index in [2.05, 4.69) is 16.8 Å². The van der Waals surface area contributed by atoms with Crippen LogP contribution in [0.5, 0.6) is 5.75 Å². The number of nitrogens with zero attached hydrogens (tertiary/aromatic N) is 2. The van der Waals surface area contributed by atoms with Gasteiger partial charge in [0.15, 0.2) is 5.78 Å². The predicted octanol–water partition coefficient (Wildman–Crippen LogP) is 4.25. The minimum atomic E-state index is -0.121. The van der Waals surface area contributed by atoms with Crippen LogP contribution >= 0.6 is 0 Å². The molecule has 0 aliphatic rings. The minimum Gasteiger partial charge on any atom is -0.497 e. The second kappa shape index (κ2) is 9.32. The fourth-order valence-corrected chi connectivity index (χ4v) is 3.38. The Morgan fingerprint density at radius 2 is 1.72 bits per heavy atom. The van der Waals surface area contributed by atoms with Crippen molar-refractivity contribution in [3.05, 3.63) is 106 Å². The van der Waals surface area contributed by atoms with E-state index < -0.39 is 0 Å². The molecule has 158 valence electrons. The lowest BCUT2D eigenvalue weighted by atomic mass is 10.1. The van der Waals surface area contributed by atoms with Gasteiger partial charge in [-0.2, -0.15) is 0 Å². The van der Waals surface area contributed by atoms with Crippen molar-refractivity contribution in [2.45, 2.75) is 19.9 Å². The molecule has 0 unspecified atom stereocenters. The number of carbonyl (C=O) groups is 1. The highest BCUT2D eigenvalue weighted by molar-refractivity contribution is 5.94. The minimum absolute atomic E-state index is 0.0155. The smallest absolute Gasteiger partial charge is 0.261 e. The van der Waals surface area contributed by atoms with Crippen molar-refractivity contribution in [2.24, 2.45) is 0 Å². The van der Waals surface area contributed by atoms with Gasteiger partial charge in [-0.1, -0.05) is 48.2 Å². The third kappa shape index (κ3) is 4.76.